The van der Waals surface area contributed by atoms with E-state index in [2.05, 4.69) is 9.97 Å². The molecule has 0 amide bonds. The van der Waals surface area contributed by atoms with Crippen molar-refractivity contribution >= 4 is 16.7 Å². The van der Waals surface area contributed by atoms with Crippen LogP contribution in [0.1, 0.15) is 0 Å². The molecule has 102 valence electrons. The van der Waals surface area contributed by atoms with Crippen LogP contribution in [-0.2, 0) is 0 Å². The van der Waals surface area contributed by atoms with E-state index >= 15 is 0 Å². The number of aromatic amines is 1. The lowest BCUT2D eigenvalue weighted by molar-refractivity contribution is 0.497. The highest BCUT2D eigenvalue weighted by Crippen LogP contribution is 2.23. The lowest BCUT2D eigenvalue weighted by atomic mass is 10.2. The van der Waals surface area contributed by atoms with Gasteiger partial charge in [0.2, 0.25) is 0 Å². The first kappa shape index (κ1) is 12.7. The monoisotopic (exact) mass is 269 g/mol. The molecular formula is C16H16FN3. The van der Waals surface area contributed by atoms with E-state index in [0.717, 1.165) is 28.1 Å². The minimum atomic E-state index is -0.345. The number of nitrogens with one attached hydrogen (secondary N) is 1. The predicted octanol–water partition coefficient (Wildman–Crippen LogP) is 3.64. The summed E-state index contributed by atoms with van der Waals surface area (Å²) in [5, 5.41) is 0. The van der Waals surface area contributed by atoms with Crippen LogP contribution in [0.5, 0.6) is 0 Å². The zero-order valence-electron chi connectivity index (χ0n) is 11.3. The lowest BCUT2D eigenvalue weighted by Crippen LogP contribution is -2.19. The average Bonchev–Trinajstić information content (AvgIpc) is 2.91. The number of benzene rings is 2. The molecule has 0 radical (unpaired) electrons. The number of para-hydroxylation sites is 2. The van der Waals surface area contributed by atoms with Crippen LogP contribution in [0.2, 0.25) is 0 Å². The molecule has 20 heavy (non-hydrogen) atoms. The van der Waals surface area contributed by atoms with E-state index in [1.165, 1.54) is 0 Å². The van der Waals surface area contributed by atoms with Crippen LogP contribution in [0.3, 0.4) is 0 Å². The van der Waals surface area contributed by atoms with Crippen molar-refractivity contribution in [3.05, 3.63) is 48.5 Å². The summed E-state index contributed by atoms with van der Waals surface area (Å²) in [5.41, 5.74) is 4.02. The van der Waals surface area contributed by atoms with E-state index in [9.17, 15) is 4.39 Å². The van der Waals surface area contributed by atoms with Gasteiger partial charge < -0.3 is 9.88 Å². The molecule has 0 aliphatic heterocycles. The third-order valence-electron chi connectivity index (χ3n) is 3.39. The Hall–Kier alpha value is -2.36. The Balaban J connectivity index is 1.90. The Morgan fingerprint density at radius 1 is 1.10 bits per heavy atom. The van der Waals surface area contributed by atoms with Crippen molar-refractivity contribution in [1.82, 2.24) is 9.97 Å². The van der Waals surface area contributed by atoms with Crippen molar-refractivity contribution in [3.8, 4) is 11.4 Å². The maximum atomic E-state index is 12.3. The number of anilines is 1. The first-order valence-electron chi connectivity index (χ1n) is 6.60. The molecule has 4 heteroatoms. The quantitative estimate of drug-likeness (QED) is 0.784. The molecule has 3 nitrogen and oxygen atoms in total. The molecular weight excluding hydrogens is 253 g/mol. The lowest BCUT2D eigenvalue weighted by Gasteiger charge is -2.17. The van der Waals surface area contributed by atoms with E-state index in [-0.39, 0.29) is 6.67 Å². The third-order valence-corrected chi connectivity index (χ3v) is 3.39. The highest BCUT2D eigenvalue weighted by Gasteiger charge is 2.06. The van der Waals surface area contributed by atoms with Crippen LogP contribution in [0.25, 0.3) is 22.4 Å². The summed E-state index contributed by atoms with van der Waals surface area (Å²) in [6, 6.07) is 15.9. The molecule has 0 fully saturated rings. The summed E-state index contributed by atoms with van der Waals surface area (Å²) in [7, 11) is 1.88. The third kappa shape index (κ3) is 2.37. The molecule has 3 aromatic rings. The number of nitrogens with zero attached hydrogens (tertiary/aromatic N) is 2. The normalized spacial score (nSPS) is 10.9. The number of imidazole rings is 1. The summed E-state index contributed by atoms with van der Waals surface area (Å²) in [6.45, 7) is 0.0613. The largest absolute Gasteiger partial charge is 0.372 e. The van der Waals surface area contributed by atoms with Crippen LogP contribution in [0.15, 0.2) is 48.5 Å². The second kappa shape index (κ2) is 5.33. The smallest absolute Gasteiger partial charge is 0.138 e. The summed E-state index contributed by atoms with van der Waals surface area (Å²) in [4.78, 5) is 9.76. The summed E-state index contributed by atoms with van der Waals surface area (Å²) in [5.74, 6) is 0.853. The molecule has 0 aliphatic rings. The van der Waals surface area contributed by atoms with Crippen LogP contribution in [0, 0.1) is 0 Å². The second-order valence-corrected chi connectivity index (χ2v) is 4.76. The zero-order chi connectivity index (χ0) is 13.9. The van der Waals surface area contributed by atoms with Crippen molar-refractivity contribution in [1.29, 1.82) is 0 Å². The molecule has 0 saturated carbocycles. The number of halogens is 1. The van der Waals surface area contributed by atoms with Crippen molar-refractivity contribution in [2.75, 3.05) is 25.2 Å². The predicted molar refractivity (Wildman–Crippen MR) is 80.8 cm³/mol. The van der Waals surface area contributed by atoms with Gasteiger partial charge in [0, 0.05) is 24.8 Å². The van der Waals surface area contributed by atoms with E-state index in [4.69, 9.17) is 0 Å². The highest BCUT2D eigenvalue weighted by atomic mass is 19.1. The molecule has 1 heterocycles. The topological polar surface area (TPSA) is 31.9 Å². The molecule has 2 aromatic carbocycles. The number of alkyl halides is 1. The van der Waals surface area contributed by atoms with Gasteiger partial charge in [-0.15, -0.1) is 0 Å². The second-order valence-electron chi connectivity index (χ2n) is 4.76. The van der Waals surface area contributed by atoms with Crippen LogP contribution >= 0.6 is 0 Å². The zero-order valence-corrected chi connectivity index (χ0v) is 11.3. The van der Waals surface area contributed by atoms with Gasteiger partial charge in [-0.05, 0) is 36.4 Å². The number of rotatable bonds is 4. The van der Waals surface area contributed by atoms with E-state index in [0.29, 0.717) is 6.54 Å². The van der Waals surface area contributed by atoms with Crippen molar-refractivity contribution < 1.29 is 4.39 Å². The molecule has 1 aromatic heterocycles. The number of hydrogen-bond donors (Lipinski definition) is 1. The van der Waals surface area contributed by atoms with E-state index in [1.54, 1.807) is 0 Å². The number of hydrogen-bond acceptors (Lipinski definition) is 2. The Morgan fingerprint density at radius 3 is 2.55 bits per heavy atom. The minimum Gasteiger partial charge on any atom is -0.372 e. The summed E-state index contributed by atoms with van der Waals surface area (Å²) >= 11 is 0. The van der Waals surface area contributed by atoms with Gasteiger partial charge in [0.1, 0.15) is 12.5 Å². The van der Waals surface area contributed by atoms with Gasteiger partial charge in [-0.25, -0.2) is 9.37 Å². The Bertz CT molecular complexity index is 670. The van der Waals surface area contributed by atoms with Gasteiger partial charge in [-0.3, -0.25) is 0 Å². The van der Waals surface area contributed by atoms with Gasteiger partial charge in [0.15, 0.2) is 0 Å². The molecule has 0 spiro atoms. The Labute approximate surface area is 117 Å². The van der Waals surface area contributed by atoms with Crippen molar-refractivity contribution in [2.45, 2.75) is 0 Å². The molecule has 3 rings (SSSR count). The standard InChI is InChI=1S/C16H16FN3/c1-20(11-10-17)13-8-6-12(7-9-13)16-18-14-4-2-3-5-15(14)19-16/h2-9H,10-11H2,1H3,(H,18,19). The van der Waals surface area contributed by atoms with Crippen molar-refractivity contribution in [3.63, 3.8) is 0 Å². The SMILES string of the molecule is CN(CCF)c1ccc(-c2nc3ccccc3[nH]2)cc1. The number of H-pyrrole nitrogens is 1. The van der Waals surface area contributed by atoms with Gasteiger partial charge in [0.25, 0.3) is 0 Å². The van der Waals surface area contributed by atoms with E-state index < -0.39 is 0 Å². The van der Waals surface area contributed by atoms with Gasteiger partial charge in [-0.1, -0.05) is 12.1 Å². The highest BCUT2D eigenvalue weighted by molar-refractivity contribution is 5.79. The summed E-state index contributed by atoms with van der Waals surface area (Å²) < 4.78 is 12.3. The van der Waals surface area contributed by atoms with Crippen LogP contribution < -0.4 is 4.90 Å². The fourth-order valence-corrected chi connectivity index (χ4v) is 2.22. The van der Waals surface area contributed by atoms with Gasteiger partial charge in [0.05, 0.1) is 11.0 Å². The first-order chi connectivity index (χ1) is 9.78. The maximum absolute atomic E-state index is 12.3. The molecule has 0 unspecified atom stereocenters. The molecule has 1 N–H and O–H groups in total. The molecule has 0 aliphatic carbocycles. The minimum absolute atomic E-state index is 0.345. The number of fused-ring (bicyclic) bond motifs is 1. The molecule has 0 bridgehead atoms. The van der Waals surface area contributed by atoms with Gasteiger partial charge in [-0.2, -0.15) is 0 Å². The average molecular weight is 269 g/mol. The Morgan fingerprint density at radius 2 is 1.85 bits per heavy atom. The molecule has 0 atom stereocenters. The fraction of sp³-hybridized carbons (Fsp3) is 0.188. The fourth-order valence-electron chi connectivity index (χ4n) is 2.22. The van der Waals surface area contributed by atoms with Crippen molar-refractivity contribution in [2.24, 2.45) is 0 Å². The van der Waals surface area contributed by atoms with E-state index in [1.807, 2.05) is 60.5 Å². The van der Waals surface area contributed by atoms with Crippen LogP contribution in [0.4, 0.5) is 10.1 Å². The summed E-state index contributed by atoms with van der Waals surface area (Å²) in [6.07, 6.45) is 0. The molecule has 0 saturated heterocycles. The first-order valence-corrected chi connectivity index (χ1v) is 6.60. The van der Waals surface area contributed by atoms with Gasteiger partial charge >= 0.3 is 0 Å². The Kier molecular flexibility index (Phi) is 3.37. The maximum Gasteiger partial charge on any atom is 0.138 e. The number of aromatic nitrogens is 2. The van der Waals surface area contributed by atoms with Crippen LogP contribution in [-0.4, -0.2) is 30.2 Å².